The van der Waals surface area contributed by atoms with Gasteiger partial charge in [0, 0.05) is 37.8 Å². The zero-order valence-electron chi connectivity index (χ0n) is 14.4. The summed E-state index contributed by atoms with van der Waals surface area (Å²) in [6.45, 7) is 4.82. The third-order valence-corrected chi connectivity index (χ3v) is 5.25. The first kappa shape index (κ1) is 17.0. The van der Waals surface area contributed by atoms with Crippen LogP contribution in [0.5, 0.6) is 0 Å². The number of amides is 2. The first-order valence-corrected chi connectivity index (χ1v) is 9.04. The number of nitrogens with one attached hydrogen (secondary N) is 1. The molecule has 130 valence electrons. The quantitative estimate of drug-likeness (QED) is 0.918. The number of benzene rings is 1. The average Bonchev–Trinajstić information content (AvgIpc) is 3.14. The van der Waals surface area contributed by atoms with Gasteiger partial charge < -0.3 is 10.2 Å². The largest absolute Gasteiger partial charge is 0.352 e. The molecule has 0 bridgehead atoms. The number of carbonyl (C=O) groups is 2. The van der Waals surface area contributed by atoms with E-state index in [0.717, 1.165) is 31.5 Å². The van der Waals surface area contributed by atoms with Crippen molar-refractivity contribution in [1.29, 1.82) is 0 Å². The van der Waals surface area contributed by atoms with E-state index in [1.54, 1.807) is 0 Å². The highest BCUT2D eigenvalue weighted by atomic mass is 16.2. The SMILES string of the molecule is C[C@@H](C(=O)NC1CCCC1)N1CCN(C(=O)c2ccccc2)CC1. The lowest BCUT2D eigenvalue weighted by atomic mass is 10.1. The van der Waals surface area contributed by atoms with Crippen LogP contribution >= 0.6 is 0 Å². The summed E-state index contributed by atoms with van der Waals surface area (Å²) in [7, 11) is 0. The van der Waals surface area contributed by atoms with E-state index in [0.29, 0.717) is 19.1 Å². The minimum atomic E-state index is -0.125. The molecular formula is C19H27N3O2. The molecule has 2 fully saturated rings. The van der Waals surface area contributed by atoms with Crippen LogP contribution in [-0.2, 0) is 4.79 Å². The van der Waals surface area contributed by atoms with Crippen LogP contribution in [-0.4, -0.2) is 59.9 Å². The molecule has 24 heavy (non-hydrogen) atoms. The molecule has 0 aromatic heterocycles. The first-order valence-electron chi connectivity index (χ1n) is 9.04. The molecule has 1 saturated carbocycles. The van der Waals surface area contributed by atoms with Crippen molar-refractivity contribution in [2.75, 3.05) is 26.2 Å². The Labute approximate surface area is 144 Å². The molecule has 1 aromatic carbocycles. The standard InChI is InChI=1S/C19H27N3O2/c1-15(18(23)20-17-9-5-6-10-17)21-11-13-22(14-12-21)19(24)16-7-3-2-4-8-16/h2-4,7-8,15,17H,5-6,9-14H2,1H3,(H,20,23)/t15-/m0/s1. The molecule has 5 nitrogen and oxygen atoms in total. The summed E-state index contributed by atoms with van der Waals surface area (Å²) < 4.78 is 0. The Morgan fingerprint density at radius 2 is 1.67 bits per heavy atom. The molecule has 1 N–H and O–H groups in total. The molecule has 2 amide bonds. The van der Waals surface area contributed by atoms with Gasteiger partial charge in [-0.2, -0.15) is 0 Å². The fourth-order valence-electron chi connectivity index (χ4n) is 3.63. The number of carbonyl (C=O) groups excluding carboxylic acids is 2. The number of hydrogen-bond donors (Lipinski definition) is 1. The van der Waals surface area contributed by atoms with E-state index < -0.39 is 0 Å². The molecule has 1 heterocycles. The number of nitrogens with zero attached hydrogens (tertiary/aromatic N) is 2. The summed E-state index contributed by atoms with van der Waals surface area (Å²) in [6.07, 6.45) is 4.66. The first-order chi connectivity index (χ1) is 11.6. The molecular weight excluding hydrogens is 302 g/mol. The lowest BCUT2D eigenvalue weighted by Crippen LogP contribution is -2.55. The van der Waals surface area contributed by atoms with Gasteiger partial charge in [-0.3, -0.25) is 14.5 Å². The van der Waals surface area contributed by atoms with Crippen LogP contribution in [0.4, 0.5) is 0 Å². The van der Waals surface area contributed by atoms with Crippen LogP contribution in [0.15, 0.2) is 30.3 Å². The number of rotatable bonds is 4. The third-order valence-electron chi connectivity index (χ3n) is 5.25. The van der Waals surface area contributed by atoms with Crippen molar-refractivity contribution >= 4 is 11.8 Å². The Hall–Kier alpha value is -1.88. The highest BCUT2D eigenvalue weighted by Gasteiger charge is 2.29. The van der Waals surface area contributed by atoms with Crippen LogP contribution < -0.4 is 5.32 Å². The Balaban J connectivity index is 1.49. The lowest BCUT2D eigenvalue weighted by molar-refractivity contribution is -0.127. The maximum Gasteiger partial charge on any atom is 0.253 e. The van der Waals surface area contributed by atoms with Gasteiger partial charge in [-0.05, 0) is 31.9 Å². The highest BCUT2D eigenvalue weighted by Crippen LogP contribution is 2.18. The van der Waals surface area contributed by atoms with Gasteiger partial charge in [0.1, 0.15) is 0 Å². The maximum atomic E-state index is 12.5. The molecule has 5 heteroatoms. The third kappa shape index (κ3) is 3.96. The lowest BCUT2D eigenvalue weighted by Gasteiger charge is -2.37. The van der Waals surface area contributed by atoms with E-state index in [-0.39, 0.29) is 17.9 Å². The molecule has 0 spiro atoms. The molecule has 3 rings (SSSR count). The van der Waals surface area contributed by atoms with E-state index >= 15 is 0 Å². The van der Waals surface area contributed by atoms with Gasteiger partial charge in [-0.1, -0.05) is 31.0 Å². The Morgan fingerprint density at radius 1 is 1.04 bits per heavy atom. The predicted octanol–water partition coefficient (Wildman–Crippen LogP) is 1.89. The average molecular weight is 329 g/mol. The second-order valence-corrected chi connectivity index (χ2v) is 6.86. The zero-order chi connectivity index (χ0) is 16.9. The number of piperazine rings is 1. The highest BCUT2D eigenvalue weighted by molar-refractivity contribution is 5.94. The van der Waals surface area contributed by atoms with Gasteiger partial charge in [0.05, 0.1) is 6.04 Å². The summed E-state index contributed by atoms with van der Waals surface area (Å²) in [6, 6.07) is 9.64. The van der Waals surface area contributed by atoms with Gasteiger partial charge >= 0.3 is 0 Å². The Bertz CT molecular complexity index is 561. The predicted molar refractivity (Wildman–Crippen MR) is 93.8 cm³/mol. The molecule has 0 unspecified atom stereocenters. The van der Waals surface area contributed by atoms with Gasteiger partial charge in [-0.15, -0.1) is 0 Å². The monoisotopic (exact) mass is 329 g/mol. The summed E-state index contributed by atoms with van der Waals surface area (Å²) in [4.78, 5) is 28.9. The second-order valence-electron chi connectivity index (χ2n) is 6.86. The van der Waals surface area contributed by atoms with Crippen molar-refractivity contribution in [3.8, 4) is 0 Å². The van der Waals surface area contributed by atoms with Crippen molar-refractivity contribution in [1.82, 2.24) is 15.1 Å². The van der Waals surface area contributed by atoms with E-state index in [1.165, 1.54) is 12.8 Å². The van der Waals surface area contributed by atoms with Gasteiger partial charge in [-0.25, -0.2) is 0 Å². The van der Waals surface area contributed by atoms with Crippen LogP contribution in [0.25, 0.3) is 0 Å². The molecule has 1 aliphatic carbocycles. The molecule has 1 aliphatic heterocycles. The van der Waals surface area contributed by atoms with Crippen LogP contribution in [0, 0.1) is 0 Å². The van der Waals surface area contributed by atoms with E-state index in [4.69, 9.17) is 0 Å². The zero-order valence-corrected chi connectivity index (χ0v) is 14.4. The smallest absolute Gasteiger partial charge is 0.253 e. The van der Waals surface area contributed by atoms with Crippen molar-refractivity contribution in [2.45, 2.75) is 44.7 Å². The summed E-state index contributed by atoms with van der Waals surface area (Å²) in [5, 5.41) is 3.17. The van der Waals surface area contributed by atoms with Gasteiger partial charge in [0.2, 0.25) is 5.91 Å². The topological polar surface area (TPSA) is 52.7 Å². The summed E-state index contributed by atoms with van der Waals surface area (Å²) >= 11 is 0. The minimum absolute atomic E-state index is 0.0818. The van der Waals surface area contributed by atoms with Crippen LogP contribution in [0.1, 0.15) is 43.0 Å². The maximum absolute atomic E-state index is 12.5. The summed E-state index contributed by atoms with van der Waals surface area (Å²) in [5.41, 5.74) is 0.734. The molecule has 2 aliphatic rings. The van der Waals surface area contributed by atoms with E-state index in [1.807, 2.05) is 42.2 Å². The normalized spacial score (nSPS) is 20.8. The van der Waals surface area contributed by atoms with E-state index in [9.17, 15) is 9.59 Å². The molecule has 1 saturated heterocycles. The minimum Gasteiger partial charge on any atom is -0.352 e. The Morgan fingerprint density at radius 3 is 2.29 bits per heavy atom. The second kappa shape index (κ2) is 7.79. The molecule has 1 aromatic rings. The molecule has 0 radical (unpaired) electrons. The van der Waals surface area contributed by atoms with Crippen molar-refractivity contribution in [2.24, 2.45) is 0 Å². The van der Waals surface area contributed by atoms with Crippen molar-refractivity contribution in [3.05, 3.63) is 35.9 Å². The van der Waals surface area contributed by atoms with Crippen molar-refractivity contribution in [3.63, 3.8) is 0 Å². The fraction of sp³-hybridized carbons (Fsp3) is 0.579. The van der Waals surface area contributed by atoms with E-state index in [2.05, 4.69) is 10.2 Å². The number of hydrogen-bond acceptors (Lipinski definition) is 3. The van der Waals surface area contributed by atoms with Gasteiger partial charge in [0.15, 0.2) is 0 Å². The van der Waals surface area contributed by atoms with Crippen LogP contribution in [0.2, 0.25) is 0 Å². The Kier molecular flexibility index (Phi) is 5.51. The van der Waals surface area contributed by atoms with Crippen molar-refractivity contribution < 1.29 is 9.59 Å². The fourth-order valence-corrected chi connectivity index (χ4v) is 3.63. The van der Waals surface area contributed by atoms with Gasteiger partial charge in [0.25, 0.3) is 5.91 Å². The summed E-state index contributed by atoms with van der Waals surface area (Å²) in [5.74, 6) is 0.211. The van der Waals surface area contributed by atoms with Crippen LogP contribution in [0.3, 0.4) is 0 Å². The molecule has 1 atom stereocenters.